The van der Waals surface area contributed by atoms with E-state index in [0.717, 1.165) is 96.3 Å². The summed E-state index contributed by atoms with van der Waals surface area (Å²) in [7, 11) is 1.47. The number of likely N-dealkylation sites (N-methyl/N-ethyl adjacent to an activating group) is 1. The van der Waals surface area contributed by atoms with Crippen LogP contribution < -0.4 is 0 Å². The maximum Gasteiger partial charge on any atom is 0.472 e. The van der Waals surface area contributed by atoms with Gasteiger partial charge in [-0.2, -0.15) is 0 Å². The van der Waals surface area contributed by atoms with E-state index in [9.17, 15) is 19.0 Å². The molecule has 0 aliphatic heterocycles. The molecule has 0 saturated heterocycles. The van der Waals surface area contributed by atoms with Crippen LogP contribution in [0, 0.1) is 0 Å². The van der Waals surface area contributed by atoms with Crippen molar-refractivity contribution >= 4 is 19.8 Å². The van der Waals surface area contributed by atoms with Gasteiger partial charge < -0.3 is 18.9 Å². The molecule has 1 N–H and O–H groups in total. The largest absolute Gasteiger partial charge is 0.472 e. The highest BCUT2D eigenvalue weighted by Crippen LogP contribution is 2.43. The number of hydrogen-bond acceptors (Lipinski definition) is 7. The quantitative estimate of drug-likeness (QED) is 0.0211. The van der Waals surface area contributed by atoms with Crippen LogP contribution in [0.5, 0.6) is 0 Å². The first-order chi connectivity index (χ1) is 37.0. The third-order valence-corrected chi connectivity index (χ3v) is 14.1. The van der Waals surface area contributed by atoms with Crippen molar-refractivity contribution in [2.45, 2.75) is 264 Å². The maximum absolute atomic E-state index is 12.8. The zero-order valence-corrected chi connectivity index (χ0v) is 50.6. The van der Waals surface area contributed by atoms with Gasteiger partial charge in [-0.25, -0.2) is 4.57 Å². The summed E-state index contributed by atoms with van der Waals surface area (Å²) in [6.45, 7) is 4.33. The van der Waals surface area contributed by atoms with Crippen molar-refractivity contribution in [2.75, 3.05) is 47.5 Å². The van der Waals surface area contributed by atoms with Gasteiger partial charge in [0.2, 0.25) is 0 Å². The van der Waals surface area contributed by atoms with E-state index >= 15 is 0 Å². The summed E-state index contributed by atoms with van der Waals surface area (Å²) in [6.07, 6.45) is 77.6. The van der Waals surface area contributed by atoms with Crippen LogP contribution in [0.4, 0.5) is 0 Å². The number of phosphoric acid groups is 1. The van der Waals surface area contributed by atoms with Gasteiger partial charge in [-0.15, -0.1) is 0 Å². The molecule has 10 heteroatoms. The Balaban J connectivity index is 4.16. The number of carbonyl (C=O) groups excluding carboxylic acids is 2. The van der Waals surface area contributed by atoms with E-state index in [2.05, 4.69) is 111 Å². The number of ether oxygens (including phenoxy) is 2. The van der Waals surface area contributed by atoms with E-state index in [-0.39, 0.29) is 32.0 Å². The Morgan fingerprint density at radius 3 is 1.12 bits per heavy atom. The first-order valence-electron chi connectivity index (χ1n) is 31.0. The number of esters is 2. The third-order valence-electron chi connectivity index (χ3n) is 13.1. The molecular formula is C66H117NO8P+. The normalized spacial score (nSPS) is 13.9. The molecule has 0 aromatic carbocycles. The Morgan fingerprint density at radius 1 is 0.421 bits per heavy atom. The fourth-order valence-electron chi connectivity index (χ4n) is 8.39. The van der Waals surface area contributed by atoms with Gasteiger partial charge in [-0.3, -0.25) is 18.6 Å². The van der Waals surface area contributed by atoms with Gasteiger partial charge in [0.25, 0.3) is 0 Å². The van der Waals surface area contributed by atoms with Crippen LogP contribution in [0.25, 0.3) is 0 Å². The SMILES string of the molecule is CC/C=C\C/C=C\C/C=C\C/C=C\C/C=C\C/C=C\C/C=C\C/C=C\CCCCCCCCCCC(=O)OC(COC(=O)CCCCCCCCCCCCCCCCCCCCC)COP(=O)(O)OCC[N+](C)(C)C. The van der Waals surface area contributed by atoms with E-state index < -0.39 is 26.5 Å². The minimum Gasteiger partial charge on any atom is -0.462 e. The monoisotopic (exact) mass is 1080 g/mol. The second-order valence-corrected chi connectivity index (χ2v) is 23.2. The summed E-state index contributed by atoms with van der Waals surface area (Å²) in [6, 6.07) is 0. The molecule has 2 unspecified atom stereocenters. The lowest BCUT2D eigenvalue weighted by molar-refractivity contribution is -0.870. The average Bonchev–Trinajstić information content (AvgIpc) is 3.38. The average molecular weight is 1080 g/mol. The van der Waals surface area contributed by atoms with Gasteiger partial charge in [0, 0.05) is 12.8 Å². The molecule has 0 saturated carbocycles. The number of phosphoric ester groups is 1. The second kappa shape index (κ2) is 56.6. The van der Waals surface area contributed by atoms with Crippen molar-refractivity contribution in [1.82, 2.24) is 0 Å². The summed E-state index contributed by atoms with van der Waals surface area (Å²) < 4.78 is 34.6. The Kier molecular flexibility index (Phi) is 54.4. The first kappa shape index (κ1) is 72.9. The van der Waals surface area contributed by atoms with Crippen molar-refractivity contribution in [3.8, 4) is 0 Å². The standard InChI is InChI=1S/C66H116NO8P/c1-6-8-10-12-14-16-18-20-22-24-26-27-28-29-30-31-32-33-34-35-36-37-38-39-41-43-45-47-49-51-53-55-57-59-66(69)75-64(63-74-76(70,71)73-61-60-67(3,4)5)62-72-65(68)58-56-54-52-50-48-46-44-42-40-25-23-21-19-17-15-13-11-9-7-2/h8,10,14,16,20,22,26-27,29-30,32-33,35-36,38-39,64H,6-7,9,11-13,15,17-19,21,23-25,28,31,34,37,40-63H2,1-5H3/p+1/b10-8-,16-14-,22-20-,27-26-,30-29-,33-32-,36-35-,39-38-. The Hall–Kier alpha value is -3.07. The van der Waals surface area contributed by atoms with Crippen molar-refractivity contribution in [3.63, 3.8) is 0 Å². The van der Waals surface area contributed by atoms with E-state index in [1.807, 2.05) is 21.1 Å². The lowest BCUT2D eigenvalue weighted by atomic mass is 10.0. The molecule has 76 heavy (non-hydrogen) atoms. The van der Waals surface area contributed by atoms with Crippen molar-refractivity contribution in [1.29, 1.82) is 0 Å². The molecule has 0 aliphatic carbocycles. The molecule has 0 spiro atoms. The fraction of sp³-hybridized carbons (Fsp3) is 0.727. The second-order valence-electron chi connectivity index (χ2n) is 21.7. The molecule has 438 valence electrons. The van der Waals surface area contributed by atoms with Crippen LogP contribution in [0.3, 0.4) is 0 Å². The predicted molar refractivity (Wildman–Crippen MR) is 325 cm³/mol. The number of allylic oxidation sites excluding steroid dienone is 16. The highest BCUT2D eigenvalue weighted by atomic mass is 31.2. The summed E-state index contributed by atoms with van der Waals surface area (Å²) in [5, 5.41) is 0. The molecule has 9 nitrogen and oxygen atoms in total. The molecule has 0 aromatic rings. The van der Waals surface area contributed by atoms with Crippen molar-refractivity contribution in [2.24, 2.45) is 0 Å². The molecule has 0 rings (SSSR count). The number of carbonyl (C=O) groups is 2. The highest BCUT2D eigenvalue weighted by Gasteiger charge is 2.27. The van der Waals surface area contributed by atoms with Crippen LogP contribution in [-0.2, 0) is 32.7 Å². The minimum atomic E-state index is -4.39. The van der Waals surface area contributed by atoms with E-state index in [4.69, 9.17) is 18.5 Å². The lowest BCUT2D eigenvalue weighted by Gasteiger charge is -2.24. The molecule has 0 aliphatic rings. The van der Waals surface area contributed by atoms with Crippen LogP contribution in [0.2, 0.25) is 0 Å². The van der Waals surface area contributed by atoms with Crippen molar-refractivity contribution in [3.05, 3.63) is 97.2 Å². The van der Waals surface area contributed by atoms with E-state index in [1.54, 1.807) is 0 Å². The van der Waals surface area contributed by atoms with Gasteiger partial charge in [0.05, 0.1) is 27.7 Å². The zero-order chi connectivity index (χ0) is 55.6. The number of unbranched alkanes of at least 4 members (excludes halogenated alkanes) is 26. The van der Waals surface area contributed by atoms with Gasteiger partial charge >= 0.3 is 19.8 Å². The van der Waals surface area contributed by atoms with Gasteiger partial charge in [-0.1, -0.05) is 265 Å². The summed E-state index contributed by atoms with van der Waals surface area (Å²) >= 11 is 0. The fourth-order valence-corrected chi connectivity index (χ4v) is 9.13. The smallest absolute Gasteiger partial charge is 0.462 e. The Labute approximate surface area is 468 Å². The van der Waals surface area contributed by atoms with Gasteiger partial charge in [-0.05, 0) is 77.0 Å². The van der Waals surface area contributed by atoms with Crippen LogP contribution in [0.15, 0.2) is 97.2 Å². The molecule has 0 bridgehead atoms. The van der Waals surface area contributed by atoms with E-state index in [0.29, 0.717) is 17.4 Å². The minimum absolute atomic E-state index is 0.0270. The number of nitrogens with zero attached hydrogens (tertiary/aromatic N) is 1. The highest BCUT2D eigenvalue weighted by molar-refractivity contribution is 7.47. The van der Waals surface area contributed by atoms with Gasteiger partial charge in [0.1, 0.15) is 19.8 Å². The third kappa shape index (κ3) is 60.2. The molecule has 0 amide bonds. The van der Waals surface area contributed by atoms with Crippen LogP contribution in [-0.4, -0.2) is 74.9 Å². The molecule has 0 heterocycles. The molecule has 0 radical (unpaired) electrons. The van der Waals surface area contributed by atoms with Gasteiger partial charge in [0.15, 0.2) is 6.10 Å². The van der Waals surface area contributed by atoms with Crippen LogP contribution >= 0.6 is 7.82 Å². The molecule has 0 fully saturated rings. The predicted octanol–water partition coefficient (Wildman–Crippen LogP) is 19.6. The van der Waals surface area contributed by atoms with Crippen molar-refractivity contribution < 1.29 is 42.1 Å². The first-order valence-corrected chi connectivity index (χ1v) is 32.5. The number of rotatable bonds is 56. The molecular weight excluding hydrogens is 966 g/mol. The maximum atomic E-state index is 12.8. The Bertz CT molecular complexity index is 1600. The molecule has 0 aromatic heterocycles. The summed E-state index contributed by atoms with van der Waals surface area (Å²) in [5.74, 6) is -0.803. The number of quaternary nitrogens is 1. The summed E-state index contributed by atoms with van der Waals surface area (Å²) in [4.78, 5) is 35.7. The summed E-state index contributed by atoms with van der Waals surface area (Å²) in [5.41, 5.74) is 0. The van der Waals surface area contributed by atoms with E-state index in [1.165, 1.54) is 128 Å². The Morgan fingerprint density at radius 2 is 0.750 bits per heavy atom. The zero-order valence-electron chi connectivity index (χ0n) is 49.7. The topological polar surface area (TPSA) is 108 Å². The number of hydrogen-bond donors (Lipinski definition) is 1. The molecule has 2 atom stereocenters. The lowest BCUT2D eigenvalue weighted by Crippen LogP contribution is -2.37. The van der Waals surface area contributed by atoms with Crippen LogP contribution in [0.1, 0.15) is 258 Å².